The number of benzene rings is 1. The standard InChI is InChI=1S/C17H20FNO3S/c1-22-15-5-4-13(11-14(15)18)17(21)19-8-6-12(7-9-20)16-3-2-10-23-16/h2-5,10-12,20H,6-9H2,1H3,(H,19,21)/t12-/m0/s1. The molecule has 0 aliphatic carbocycles. The van der Waals surface area contributed by atoms with Crippen LogP contribution < -0.4 is 10.1 Å². The second-order valence-electron chi connectivity index (χ2n) is 5.12. The van der Waals surface area contributed by atoms with Crippen LogP contribution in [0.4, 0.5) is 4.39 Å². The van der Waals surface area contributed by atoms with Gasteiger partial charge in [-0.15, -0.1) is 11.3 Å². The molecule has 1 atom stereocenters. The minimum absolute atomic E-state index is 0.111. The lowest BCUT2D eigenvalue weighted by atomic mass is 10.00. The van der Waals surface area contributed by atoms with E-state index in [1.54, 1.807) is 11.3 Å². The first-order chi connectivity index (χ1) is 11.2. The summed E-state index contributed by atoms with van der Waals surface area (Å²) in [5.74, 6) is -0.549. The fourth-order valence-electron chi connectivity index (χ4n) is 2.38. The van der Waals surface area contributed by atoms with Gasteiger partial charge in [0.25, 0.3) is 5.91 Å². The summed E-state index contributed by atoms with van der Waals surface area (Å²) < 4.78 is 18.4. The van der Waals surface area contributed by atoms with Crippen LogP contribution in [0, 0.1) is 5.82 Å². The molecule has 0 saturated carbocycles. The minimum Gasteiger partial charge on any atom is -0.494 e. The molecule has 23 heavy (non-hydrogen) atoms. The number of carbonyl (C=O) groups is 1. The number of nitrogens with one attached hydrogen (secondary N) is 1. The normalized spacial score (nSPS) is 12.0. The van der Waals surface area contributed by atoms with Crippen molar-refractivity contribution in [2.75, 3.05) is 20.3 Å². The lowest BCUT2D eigenvalue weighted by Gasteiger charge is -2.14. The van der Waals surface area contributed by atoms with Gasteiger partial charge in [-0.1, -0.05) is 6.07 Å². The summed E-state index contributed by atoms with van der Waals surface area (Å²) in [5.41, 5.74) is 0.262. The first kappa shape index (κ1) is 17.4. The first-order valence-corrected chi connectivity index (χ1v) is 8.29. The maximum absolute atomic E-state index is 13.6. The molecule has 1 aromatic heterocycles. The molecule has 0 saturated heterocycles. The molecular weight excluding hydrogens is 317 g/mol. The SMILES string of the molecule is COc1ccc(C(=O)NCC[C@@H](CCO)c2cccs2)cc1F. The molecule has 124 valence electrons. The van der Waals surface area contributed by atoms with Gasteiger partial charge < -0.3 is 15.2 Å². The highest BCUT2D eigenvalue weighted by Gasteiger charge is 2.14. The minimum atomic E-state index is -0.558. The molecule has 0 bridgehead atoms. The van der Waals surface area contributed by atoms with Crippen molar-refractivity contribution in [2.45, 2.75) is 18.8 Å². The Morgan fingerprint density at radius 1 is 1.39 bits per heavy atom. The van der Waals surface area contributed by atoms with Crippen molar-refractivity contribution in [2.24, 2.45) is 0 Å². The topological polar surface area (TPSA) is 58.6 Å². The molecule has 0 spiro atoms. The van der Waals surface area contributed by atoms with E-state index >= 15 is 0 Å². The Morgan fingerprint density at radius 2 is 2.22 bits per heavy atom. The third kappa shape index (κ3) is 4.77. The van der Waals surface area contributed by atoms with Crippen LogP contribution in [-0.2, 0) is 0 Å². The quantitative estimate of drug-likeness (QED) is 0.778. The molecular formula is C17H20FNO3S. The zero-order chi connectivity index (χ0) is 16.7. The average Bonchev–Trinajstić information content (AvgIpc) is 3.08. The number of rotatable bonds is 8. The fourth-order valence-corrected chi connectivity index (χ4v) is 3.28. The van der Waals surface area contributed by atoms with Crippen LogP contribution in [0.2, 0.25) is 0 Å². The predicted molar refractivity (Wildman–Crippen MR) is 88.7 cm³/mol. The summed E-state index contributed by atoms with van der Waals surface area (Å²) >= 11 is 1.64. The lowest BCUT2D eigenvalue weighted by molar-refractivity contribution is 0.0951. The highest BCUT2D eigenvalue weighted by molar-refractivity contribution is 7.10. The molecule has 0 unspecified atom stereocenters. The second-order valence-corrected chi connectivity index (χ2v) is 6.10. The molecule has 4 nitrogen and oxygen atoms in total. The van der Waals surface area contributed by atoms with Crippen molar-refractivity contribution in [3.8, 4) is 5.75 Å². The maximum Gasteiger partial charge on any atom is 0.251 e. The van der Waals surface area contributed by atoms with E-state index in [2.05, 4.69) is 5.32 Å². The summed E-state index contributed by atoms with van der Waals surface area (Å²) in [4.78, 5) is 13.3. The van der Waals surface area contributed by atoms with Crippen molar-refractivity contribution in [1.29, 1.82) is 0 Å². The van der Waals surface area contributed by atoms with Crippen molar-refractivity contribution >= 4 is 17.2 Å². The van der Waals surface area contributed by atoms with Gasteiger partial charge in [0.2, 0.25) is 0 Å². The van der Waals surface area contributed by atoms with Gasteiger partial charge in [0.15, 0.2) is 11.6 Å². The van der Waals surface area contributed by atoms with Crippen LogP contribution in [0.25, 0.3) is 0 Å². The van der Waals surface area contributed by atoms with E-state index in [1.807, 2.05) is 17.5 Å². The number of carbonyl (C=O) groups excluding carboxylic acids is 1. The van der Waals surface area contributed by atoms with Gasteiger partial charge in [-0.25, -0.2) is 4.39 Å². The van der Waals surface area contributed by atoms with Gasteiger partial charge in [-0.3, -0.25) is 4.79 Å². The van der Waals surface area contributed by atoms with Crippen LogP contribution in [0.5, 0.6) is 5.75 Å². The van der Waals surface area contributed by atoms with Gasteiger partial charge in [-0.05, 0) is 48.4 Å². The summed E-state index contributed by atoms with van der Waals surface area (Å²) in [5, 5.41) is 14.0. The Morgan fingerprint density at radius 3 is 2.83 bits per heavy atom. The predicted octanol–water partition coefficient (Wildman–Crippen LogP) is 3.18. The Labute approximate surface area is 138 Å². The van der Waals surface area contributed by atoms with Crippen LogP contribution >= 0.6 is 11.3 Å². The van der Waals surface area contributed by atoms with Crippen molar-refractivity contribution < 1.29 is 19.0 Å². The number of ether oxygens (including phenoxy) is 1. The number of amides is 1. The highest BCUT2D eigenvalue weighted by Crippen LogP contribution is 2.27. The monoisotopic (exact) mass is 337 g/mol. The Hall–Kier alpha value is -1.92. The number of thiophene rings is 1. The summed E-state index contributed by atoms with van der Waals surface area (Å²) in [6.07, 6.45) is 1.39. The van der Waals surface area contributed by atoms with Gasteiger partial charge >= 0.3 is 0 Å². The molecule has 0 fully saturated rings. The number of aliphatic hydroxyl groups is 1. The van der Waals surface area contributed by atoms with E-state index in [0.29, 0.717) is 13.0 Å². The Kier molecular flexibility index (Phi) is 6.55. The third-order valence-corrected chi connectivity index (χ3v) is 4.65. The summed E-state index contributed by atoms with van der Waals surface area (Å²) in [7, 11) is 1.38. The van der Waals surface area contributed by atoms with Gasteiger partial charge in [0, 0.05) is 23.6 Å². The molecule has 2 N–H and O–H groups in total. The van der Waals surface area contributed by atoms with E-state index in [1.165, 1.54) is 30.2 Å². The zero-order valence-corrected chi connectivity index (χ0v) is 13.7. The maximum atomic E-state index is 13.6. The highest BCUT2D eigenvalue weighted by atomic mass is 32.1. The fraction of sp³-hybridized carbons (Fsp3) is 0.353. The smallest absolute Gasteiger partial charge is 0.251 e. The Bertz CT molecular complexity index is 631. The molecule has 0 radical (unpaired) electrons. The average molecular weight is 337 g/mol. The number of aliphatic hydroxyl groups excluding tert-OH is 1. The molecule has 6 heteroatoms. The molecule has 0 aliphatic rings. The number of halogens is 1. The second kappa shape index (κ2) is 8.64. The van der Waals surface area contributed by atoms with E-state index in [0.717, 1.165) is 6.42 Å². The molecule has 1 heterocycles. The first-order valence-electron chi connectivity index (χ1n) is 7.41. The van der Waals surface area contributed by atoms with E-state index in [4.69, 9.17) is 9.84 Å². The van der Waals surface area contributed by atoms with Crippen molar-refractivity contribution in [3.63, 3.8) is 0 Å². The van der Waals surface area contributed by atoms with Crippen molar-refractivity contribution in [1.82, 2.24) is 5.32 Å². The molecule has 1 amide bonds. The molecule has 0 aliphatic heterocycles. The van der Waals surface area contributed by atoms with Crippen LogP contribution in [0.3, 0.4) is 0 Å². The lowest BCUT2D eigenvalue weighted by Crippen LogP contribution is -2.25. The van der Waals surface area contributed by atoms with E-state index in [9.17, 15) is 9.18 Å². The zero-order valence-electron chi connectivity index (χ0n) is 12.9. The van der Waals surface area contributed by atoms with Gasteiger partial charge in [0.1, 0.15) is 0 Å². The summed E-state index contributed by atoms with van der Waals surface area (Å²) in [6.45, 7) is 0.579. The van der Waals surface area contributed by atoms with Crippen LogP contribution in [0.1, 0.15) is 34.0 Å². The van der Waals surface area contributed by atoms with Crippen LogP contribution in [-0.4, -0.2) is 31.3 Å². The summed E-state index contributed by atoms with van der Waals surface area (Å²) in [6, 6.07) is 8.14. The van der Waals surface area contributed by atoms with E-state index in [-0.39, 0.29) is 29.7 Å². The largest absolute Gasteiger partial charge is 0.494 e. The number of methoxy groups -OCH3 is 1. The molecule has 2 aromatic rings. The van der Waals surface area contributed by atoms with Gasteiger partial charge in [0.05, 0.1) is 7.11 Å². The van der Waals surface area contributed by atoms with Crippen LogP contribution in [0.15, 0.2) is 35.7 Å². The van der Waals surface area contributed by atoms with Gasteiger partial charge in [-0.2, -0.15) is 0 Å². The molecule has 1 aromatic carbocycles. The van der Waals surface area contributed by atoms with E-state index < -0.39 is 5.82 Å². The third-order valence-electron chi connectivity index (χ3n) is 3.62. The number of hydrogen-bond acceptors (Lipinski definition) is 4. The Balaban J connectivity index is 1.89. The molecule has 2 rings (SSSR count). The number of hydrogen-bond donors (Lipinski definition) is 2. The van der Waals surface area contributed by atoms with Crippen molar-refractivity contribution in [3.05, 3.63) is 52.0 Å².